The molecular formula is C23H32N2O2. The molecule has 0 aliphatic carbocycles. The summed E-state index contributed by atoms with van der Waals surface area (Å²) >= 11 is 0. The highest BCUT2D eigenvalue weighted by Crippen LogP contribution is 2.37. The first-order chi connectivity index (χ1) is 13.2. The summed E-state index contributed by atoms with van der Waals surface area (Å²) in [6, 6.07) is 8.22. The lowest BCUT2D eigenvalue weighted by molar-refractivity contribution is -0.132. The van der Waals surface area contributed by atoms with Crippen LogP contribution in [0.4, 0.5) is 0 Å². The lowest BCUT2D eigenvalue weighted by Gasteiger charge is -2.34. The van der Waals surface area contributed by atoms with Gasteiger partial charge in [-0.15, -0.1) is 0 Å². The third kappa shape index (κ3) is 4.21. The average molecular weight is 369 g/mol. The van der Waals surface area contributed by atoms with Gasteiger partial charge < -0.3 is 14.5 Å². The minimum absolute atomic E-state index is 0.240. The zero-order valence-electron chi connectivity index (χ0n) is 16.5. The van der Waals surface area contributed by atoms with Crippen LogP contribution >= 0.6 is 0 Å². The Balaban J connectivity index is 1.33. The van der Waals surface area contributed by atoms with Gasteiger partial charge in [0.25, 0.3) is 0 Å². The number of hydrogen-bond acceptors (Lipinski definition) is 3. The Labute approximate surface area is 163 Å². The van der Waals surface area contributed by atoms with Crippen LogP contribution in [0.15, 0.2) is 30.3 Å². The standard InChI is InChI=1S/C23H32N2O2/c1-2-24-15-9-19(10-16-24)18-22(26)25-14-5-11-23(13-17-25)12-8-20-6-3-4-7-21(20)27-23/h3-4,6-8,12,19H,2,5,9-11,13-18H2,1H3/t23-/m1/s1. The van der Waals surface area contributed by atoms with Crippen molar-refractivity contribution in [1.82, 2.24) is 9.80 Å². The molecule has 2 saturated heterocycles. The van der Waals surface area contributed by atoms with E-state index in [0.29, 0.717) is 11.8 Å². The SMILES string of the molecule is CCN1CCC(CC(=O)N2CCC[C@@]3(C=Cc4ccccc4O3)CC2)CC1. The van der Waals surface area contributed by atoms with Crippen LogP contribution in [0.5, 0.6) is 5.75 Å². The number of carbonyl (C=O) groups excluding carboxylic acids is 1. The van der Waals surface area contributed by atoms with Gasteiger partial charge in [-0.1, -0.05) is 31.2 Å². The Kier molecular flexibility index (Phi) is 5.53. The van der Waals surface area contributed by atoms with Gasteiger partial charge in [-0.05, 0) is 63.4 Å². The van der Waals surface area contributed by atoms with Gasteiger partial charge in [-0.3, -0.25) is 4.79 Å². The first-order valence-electron chi connectivity index (χ1n) is 10.6. The molecule has 4 heteroatoms. The lowest BCUT2D eigenvalue weighted by atomic mass is 9.91. The fraction of sp³-hybridized carbons (Fsp3) is 0.609. The summed E-state index contributed by atoms with van der Waals surface area (Å²) in [4.78, 5) is 17.5. The Morgan fingerprint density at radius 3 is 2.78 bits per heavy atom. The largest absolute Gasteiger partial charge is 0.483 e. The maximum Gasteiger partial charge on any atom is 0.222 e. The zero-order chi connectivity index (χ0) is 18.7. The van der Waals surface area contributed by atoms with Crippen molar-refractivity contribution in [1.29, 1.82) is 0 Å². The monoisotopic (exact) mass is 368 g/mol. The van der Waals surface area contributed by atoms with Crippen LogP contribution in [0.2, 0.25) is 0 Å². The molecule has 3 heterocycles. The number of likely N-dealkylation sites (tertiary alicyclic amines) is 2. The molecule has 0 saturated carbocycles. The van der Waals surface area contributed by atoms with Gasteiger partial charge in [0, 0.05) is 31.5 Å². The number of rotatable bonds is 3. The van der Waals surface area contributed by atoms with E-state index in [1.165, 1.54) is 12.8 Å². The quantitative estimate of drug-likeness (QED) is 0.809. The molecule has 0 bridgehead atoms. The molecule has 2 fully saturated rings. The number of ether oxygens (including phenoxy) is 1. The van der Waals surface area contributed by atoms with E-state index in [-0.39, 0.29) is 5.60 Å². The van der Waals surface area contributed by atoms with E-state index in [1.54, 1.807) is 0 Å². The molecule has 1 atom stereocenters. The third-order valence-electron chi connectivity index (χ3n) is 6.60. The summed E-state index contributed by atoms with van der Waals surface area (Å²) < 4.78 is 6.41. The topological polar surface area (TPSA) is 32.8 Å². The van der Waals surface area contributed by atoms with Crippen LogP contribution in [0, 0.1) is 5.92 Å². The predicted octanol–water partition coefficient (Wildman–Crippen LogP) is 3.97. The van der Waals surface area contributed by atoms with Crippen molar-refractivity contribution in [3.63, 3.8) is 0 Å². The minimum atomic E-state index is -0.240. The number of amides is 1. The maximum absolute atomic E-state index is 12.9. The summed E-state index contributed by atoms with van der Waals surface area (Å²) in [5.74, 6) is 1.89. The van der Waals surface area contributed by atoms with E-state index in [1.807, 2.05) is 12.1 Å². The molecule has 1 amide bonds. The normalized spacial score (nSPS) is 26.5. The van der Waals surface area contributed by atoms with Crippen molar-refractivity contribution in [2.45, 2.75) is 51.0 Å². The minimum Gasteiger partial charge on any atom is -0.483 e. The van der Waals surface area contributed by atoms with Gasteiger partial charge in [0.05, 0.1) is 0 Å². The molecule has 0 radical (unpaired) electrons. The number of benzene rings is 1. The number of piperidine rings is 1. The highest BCUT2D eigenvalue weighted by Gasteiger charge is 2.36. The number of fused-ring (bicyclic) bond motifs is 1. The van der Waals surface area contributed by atoms with Gasteiger partial charge in [0.1, 0.15) is 11.4 Å². The molecule has 4 rings (SSSR count). The van der Waals surface area contributed by atoms with E-state index in [9.17, 15) is 4.79 Å². The molecule has 4 nitrogen and oxygen atoms in total. The van der Waals surface area contributed by atoms with Crippen LogP contribution in [-0.4, -0.2) is 54.0 Å². The third-order valence-corrected chi connectivity index (χ3v) is 6.60. The molecule has 3 aliphatic rings. The molecule has 1 spiro atoms. The average Bonchev–Trinajstić information content (AvgIpc) is 2.91. The summed E-state index contributed by atoms with van der Waals surface area (Å²) in [6.45, 7) is 7.32. The van der Waals surface area contributed by atoms with Crippen LogP contribution in [0.1, 0.15) is 51.0 Å². The van der Waals surface area contributed by atoms with E-state index in [2.05, 4.69) is 41.0 Å². The molecule has 0 aromatic heterocycles. The van der Waals surface area contributed by atoms with Crippen LogP contribution < -0.4 is 4.74 Å². The lowest BCUT2D eigenvalue weighted by Crippen LogP contribution is -2.39. The van der Waals surface area contributed by atoms with E-state index < -0.39 is 0 Å². The number of nitrogens with zero attached hydrogens (tertiary/aromatic N) is 2. The summed E-state index contributed by atoms with van der Waals surface area (Å²) in [6.07, 6.45) is 10.4. The summed E-state index contributed by atoms with van der Waals surface area (Å²) in [5, 5.41) is 0. The second-order valence-electron chi connectivity index (χ2n) is 8.35. The highest BCUT2D eigenvalue weighted by molar-refractivity contribution is 5.76. The zero-order valence-corrected chi connectivity index (χ0v) is 16.5. The Bertz CT molecular complexity index is 693. The molecule has 146 valence electrons. The highest BCUT2D eigenvalue weighted by atomic mass is 16.5. The van der Waals surface area contributed by atoms with E-state index in [4.69, 9.17) is 4.74 Å². The van der Waals surface area contributed by atoms with Crippen molar-refractivity contribution >= 4 is 12.0 Å². The molecule has 1 aromatic rings. The number of para-hydroxylation sites is 1. The molecule has 0 unspecified atom stereocenters. The van der Waals surface area contributed by atoms with Crippen LogP contribution in [-0.2, 0) is 4.79 Å². The fourth-order valence-electron chi connectivity index (χ4n) is 4.74. The summed E-state index contributed by atoms with van der Waals surface area (Å²) in [5.41, 5.74) is 0.911. The first kappa shape index (κ1) is 18.5. The molecule has 1 aromatic carbocycles. The van der Waals surface area contributed by atoms with Crippen molar-refractivity contribution in [3.05, 3.63) is 35.9 Å². The van der Waals surface area contributed by atoms with Crippen LogP contribution in [0.3, 0.4) is 0 Å². The number of hydrogen-bond donors (Lipinski definition) is 0. The van der Waals surface area contributed by atoms with Crippen molar-refractivity contribution in [2.75, 3.05) is 32.7 Å². The van der Waals surface area contributed by atoms with Gasteiger partial charge >= 0.3 is 0 Å². The van der Waals surface area contributed by atoms with Crippen molar-refractivity contribution in [2.24, 2.45) is 5.92 Å². The molecular weight excluding hydrogens is 336 g/mol. The molecule has 0 N–H and O–H groups in total. The van der Waals surface area contributed by atoms with Crippen molar-refractivity contribution in [3.8, 4) is 5.75 Å². The molecule has 3 aliphatic heterocycles. The first-order valence-corrected chi connectivity index (χ1v) is 10.6. The van der Waals surface area contributed by atoms with Gasteiger partial charge in [0.2, 0.25) is 5.91 Å². The Morgan fingerprint density at radius 1 is 1.15 bits per heavy atom. The maximum atomic E-state index is 12.9. The Hall–Kier alpha value is -1.81. The number of carbonyl (C=O) groups is 1. The van der Waals surface area contributed by atoms with E-state index >= 15 is 0 Å². The molecule has 27 heavy (non-hydrogen) atoms. The fourth-order valence-corrected chi connectivity index (χ4v) is 4.74. The Morgan fingerprint density at radius 2 is 1.96 bits per heavy atom. The second-order valence-corrected chi connectivity index (χ2v) is 8.35. The smallest absolute Gasteiger partial charge is 0.222 e. The van der Waals surface area contributed by atoms with E-state index in [0.717, 1.165) is 69.7 Å². The predicted molar refractivity (Wildman–Crippen MR) is 109 cm³/mol. The van der Waals surface area contributed by atoms with Crippen molar-refractivity contribution < 1.29 is 9.53 Å². The summed E-state index contributed by atoms with van der Waals surface area (Å²) in [7, 11) is 0. The second kappa shape index (κ2) is 8.05. The van der Waals surface area contributed by atoms with Gasteiger partial charge in [-0.2, -0.15) is 0 Å². The van der Waals surface area contributed by atoms with Gasteiger partial charge in [0.15, 0.2) is 0 Å². The van der Waals surface area contributed by atoms with Crippen LogP contribution in [0.25, 0.3) is 6.08 Å². The van der Waals surface area contributed by atoms with Gasteiger partial charge in [-0.25, -0.2) is 0 Å².